The first-order valence-corrected chi connectivity index (χ1v) is 22.6. The molecule has 2 aliphatic rings. The highest BCUT2D eigenvalue weighted by Gasteiger charge is 2.51. The lowest BCUT2D eigenvalue weighted by Crippen LogP contribution is -2.33. The number of hydrogen-bond donors (Lipinski definition) is 0. The summed E-state index contributed by atoms with van der Waals surface area (Å²) in [5.74, 6) is 0. The SMILES string of the molecule is c1ccc(-c2ccc(-c3ccccc3N(c3ccc4c(c3)C3(c5ccccc5-4)c4ccccc4-n4c5ccccc5c5cccc3c54)c3cc4ccccc4c4ccccc34)cc2)cc1. The van der Waals surface area contributed by atoms with Crippen molar-refractivity contribution in [3.63, 3.8) is 0 Å². The fraction of sp³-hybridized carbons (Fsp3) is 0.0159. The van der Waals surface area contributed by atoms with Gasteiger partial charge in [0.15, 0.2) is 0 Å². The molecule has 0 saturated heterocycles. The summed E-state index contributed by atoms with van der Waals surface area (Å²) >= 11 is 0. The van der Waals surface area contributed by atoms with E-state index >= 15 is 0 Å². The lowest BCUT2D eigenvalue weighted by Gasteiger charge is -2.40. The van der Waals surface area contributed by atoms with Crippen LogP contribution in [0.5, 0.6) is 0 Å². The van der Waals surface area contributed by atoms with Crippen LogP contribution >= 0.6 is 0 Å². The van der Waals surface area contributed by atoms with Crippen molar-refractivity contribution in [3.8, 4) is 39.1 Å². The molecule has 11 aromatic carbocycles. The van der Waals surface area contributed by atoms with E-state index in [1.165, 1.54) is 105 Å². The number of aromatic nitrogens is 1. The number of nitrogens with zero attached hydrogens (tertiary/aromatic N) is 2. The summed E-state index contributed by atoms with van der Waals surface area (Å²) in [4.78, 5) is 2.54. The summed E-state index contributed by atoms with van der Waals surface area (Å²) in [7, 11) is 0. The molecule has 1 spiro atoms. The number of hydrogen-bond acceptors (Lipinski definition) is 1. The zero-order valence-electron chi connectivity index (χ0n) is 35.5. The van der Waals surface area contributed by atoms with Gasteiger partial charge in [-0.15, -0.1) is 0 Å². The maximum atomic E-state index is 2.54. The van der Waals surface area contributed by atoms with Crippen molar-refractivity contribution in [2.75, 3.05) is 4.90 Å². The van der Waals surface area contributed by atoms with Crippen molar-refractivity contribution in [1.29, 1.82) is 0 Å². The molecule has 14 rings (SSSR count). The highest BCUT2D eigenvalue weighted by Crippen LogP contribution is 2.62. The Morgan fingerprint density at radius 3 is 1.78 bits per heavy atom. The largest absolute Gasteiger partial charge is 0.309 e. The van der Waals surface area contributed by atoms with Crippen molar-refractivity contribution in [2.24, 2.45) is 0 Å². The fourth-order valence-corrected chi connectivity index (χ4v) is 11.7. The van der Waals surface area contributed by atoms with Crippen LogP contribution in [0.2, 0.25) is 0 Å². The van der Waals surface area contributed by atoms with E-state index in [4.69, 9.17) is 0 Å². The van der Waals surface area contributed by atoms with Crippen LogP contribution < -0.4 is 4.90 Å². The van der Waals surface area contributed by atoms with Gasteiger partial charge in [0.05, 0.1) is 33.5 Å². The predicted molar refractivity (Wildman–Crippen MR) is 272 cm³/mol. The van der Waals surface area contributed by atoms with Crippen molar-refractivity contribution in [1.82, 2.24) is 4.57 Å². The molecule has 0 saturated carbocycles. The van der Waals surface area contributed by atoms with Gasteiger partial charge in [0.1, 0.15) is 0 Å². The van der Waals surface area contributed by atoms with Crippen LogP contribution in [0.3, 0.4) is 0 Å². The molecule has 0 bridgehead atoms. The highest BCUT2D eigenvalue weighted by atomic mass is 15.1. The van der Waals surface area contributed by atoms with E-state index in [9.17, 15) is 0 Å². The van der Waals surface area contributed by atoms with E-state index in [1.807, 2.05) is 0 Å². The molecule has 1 aliphatic carbocycles. The van der Waals surface area contributed by atoms with Gasteiger partial charge in [-0.05, 0) is 103 Å². The summed E-state index contributed by atoms with van der Waals surface area (Å²) < 4.78 is 2.53. The first-order valence-electron chi connectivity index (χ1n) is 22.6. The summed E-state index contributed by atoms with van der Waals surface area (Å²) in [6.45, 7) is 0. The third kappa shape index (κ3) is 4.99. The summed E-state index contributed by atoms with van der Waals surface area (Å²) in [5, 5.41) is 7.46. The molecular formula is C63H40N2. The molecule has 2 heterocycles. The van der Waals surface area contributed by atoms with Gasteiger partial charge in [-0.25, -0.2) is 0 Å². The molecule has 1 aliphatic heterocycles. The Hall–Kier alpha value is -8.46. The Morgan fingerprint density at radius 1 is 0.323 bits per heavy atom. The molecule has 12 aromatic rings. The molecule has 0 amide bonds. The second kappa shape index (κ2) is 13.8. The zero-order chi connectivity index (χ0) is 42.6. The molecule has 0 fully saturated rings. The average Bonchev–Trinajstić information content (AvgIpc) is 3.87. The average molecular weight is 825 g/mol. The number of rotatable bonds is 5. The van der Waals surface area contributed by atoms with Gasteiger partial charge < -0.3 is 9.47 Å². The van der Waals surface area contributed by atoms with Crippen molar-refractivity contribution >= 4 is 60.4 Å². The minimum Gasteiger partial charge on any atom is -0.309 e. The summed E-state index contributed by atoms with van der Waals surface area (Å²) in [6, 6.07) is 90.3. The Morgan fingerprint density at radius 2 is 0.923 bits per heavy atom. The van der Waals surface area contributed by atoms with Gasteiger partial charge in [-0.3, -0.25) is 0 Å². The molecule has 2 nitrogen and oxygen atoms in total. The Labute approximate surface area is 377 Å². The van der Waals surface area contributed by atoms with Gasteiger partial charge in [-0.2, -0.15) is 0 Å². The van der Waals surface area contributed by atoms with Crippen LogP contribution in [0.1, 0.15) is 22.3 Å². The summed E-state index contributed by atoms with van der Waals surface area (Å²) in [6.07, 6.45) is 0. The van der Waals surface area contributed by atoms with Gasteiger partial charge in [-0.1, -0.05) is 206 Å². The third-order valence-electron chi connectivity index (χ3n) is 14.4. The van der Waals surface area contributed by atoms with Crippen LogP contribution in [-0.2, 0) is 5.41 Å². The maximum Gasteiger partial charge on any atom is 0.0755 e. The normalized spacial score (nSPS) is 14.5. The molecule has 302 valence electrons. The van der Waals surface area contributed by atoms with Crippen molar-refractivity contribution in [3.05, 3.63) is 265 Å². The highest BCUT2D eigenvalue weighted by molar-refractivity contribution is 6.16. The molecule has 0 N–H and O–H groups in total. The Bertz CT molecular complexity index is 3900. The number of benzene rings is 11. The van der Waals surface area contributed by atoms with Gasteiger partial charge in [0.25, 0.3) is 0 Å². The number of para-hydroxylation sites is 4. The summed E-state index contributed by atoms with van der Waals surface area (Å²) in [5.41, 5.74) is 19.1. The quantitative estimate of drug-likeness (QED) is 0.157. The van der Waals surface area contributed by atoms with Gasteiger partial charge >= 0.3 is 0 Å². The second-order valence-electron chi connectivity index (χ2n) is 17.6. The van der Waals surface area contributed by atoms with E-state index in [0.717, 1.165) is 17.1 Å². The minimum atomic E-state index is -0.577. The third-order valence-corrected chi connectivity index (χ3v) is 14.4. The van der Waals surface area contributed by atoms with Crippen LogP contribution in [0.25, 0.3) is 82.4 Å². The minimum absolute atomic E-state index is 0.577. The van der Waals surface area contributed by atoms with Crippen LogP contribution in [0, 0.1) is 0 Å². The molecule has 2 heteroatoms. The Kier molecular flexibility index (Phi) is 7.64. The van der Waals surface area contributed by atoms with Gasteiger partial charge in [0.2, 0.25) is 0 Å². The lowest BCUT2D eigenvalue weighted by atomic mass is 9.65. The second-order valence-corrected chi connectivity index (χ2v) is 17.6. The molecule has 1 unspecified atom stereocenters. The lowest BCUT2D eigenvalue weighted by molar-refractivity contribution is 0.748. The van der Waals surface area contributed by atoms with E-state index in [1.54, 1.807) is 0 Å². The molecule has 1 atom stereocenters. The van der Waals surface area contributed by atoms with Crippen LogP contribution in [0.4, 0.5) is 17.1 Å². The van der Waals surface area contributed by atoms with Crippen LogP contribution in [-0.4, -0.2) is 4.57 Å². The smallest absolute Gasteiger partial charge is 0.0755 e. The standard InChI is InChI=1S/C63H40N2/c1-2-17-41(18-3-1)42-33-35-43(36-34-42)47-21-9-13-30-58(47)64(61-39-44-19-4-5-20-46(44)48-22-6-7-24-51(48)61)45-37-38-50-49-23-8-11-27-54(49)63(57(50)40-45)55-28-12-15-32-60(55)65-59-31-14-10-25-52(59)53-26-16-29-56(63)62(53)65/h1-40H. The molecule has 0 radical (unpaired) electrons. The van der Waals surface area contributed by atoms with E-state index in [-0.39, 0.29) is 0 Å². The monoisotopic (exact) mass is 824 g/mol. The van der Waals surface area contributed by atoms with Crippen molar-refractivity contribution in [2.45, 2.75) is 5.41 Å². The van der Waals surface area contributed by atoms with Crippen molar-refractivity contribution < 1.29 is 0 Å². The van der Waals surface area contributed by atoms with E-state index < -0.39 is 5.41 Å². The first-order chi connectivity index (χ1) is 32.3. The van der Waals surface area contributed by atoms with Crippen LogP contribution in [0.15, 0.2) is 243 Å². The Balaban J connectivity index is 1.08. The predicted octanol–water partition coefficient (Wildman–Crippen LogP) is 16.6. The first kappa shape index (κ1) is 36.1. The van der Waals surface area contributed by atoms with E-state index in [2.05, 4.69) is 252 Å². The molecule has 65 heavy (non-hydrogen) atoms. The van der Waals surface area contributed by atoms with Gasteiger partial charge in [0, 0.05) is 27.4 Å². The zero-order valence-corrected chi connectivity index (χ0v) is 35.5. The number of anilines is 3. The molecular weight excluding hydrogens is 785 g/mol. The maximum absolute atomic E-state index is 2.54. The number of fused-ring (bicyclic) bond motifs is 15. The molecule has 1 aromatic heterocycles. The topological polar surface area (TPSA) is 8.17 Å². The fourth-order valence-electron chi connectivity index (χ4n) is 11.7. The van der Waals surface area contributed by atoms with E-state index in [0.29, 0.717) is 0 Å².